The number of nitrogen functional groups attached to an aromatic ring is 2. The van der Waals surface area contributed by atoms with Crippen LogP contribution in [0.5, 0.6) is 0 Å². The van der Waals surface area contributed by atoms with E-state index in [-0.39, 0.29) is 17.9 Å². The van der Waals surface area contributed by atoms with E-state index in [1.54, 1.807) is 6.07 Å². The molecule has 1 aliphatic heterocycles. The van der Waals surface area contributed by atoms with Gasteiger partial charge in [-0.05, 0) is 60.9 Å². The Morgan fingerprint density at radius 2 is 1.94 bits per heavy atom. The van der Waals surface area contributed by atoms with Crippen molar-refractivity contribution in [2.24, 2.45) is 5.92 Å². The number of aryl methyl sites for hydroxylation is 1. The minimum atomic E-state index is -0.891. The topological polar surface area (TPSA) is 145 Å². The smallest absolute Gasteiger partial charge is 0.146 e. The number of nitrogens with two attached hydrogens (primary N) is 2. The van der Waals surface area contributed by atoms with Crippen molar-refractivity contribution in [3.8, 4) is 0 Å². The second-order valence-electron chi connectivity index (χ2n) is 9.86. The van der Waals surface area contributed by atoms with E-state index in [2.05, 4.69) is 27.1 Å². The molecular weight excluding hydrogens is 444 g/mol. The SMILES string of the molecule is Nc1ccc2ccc(CC[C@H]3C[C@@H](n4cc([C@H]5CCOC5)c5c(N)ncnc54)[C@H](O)[C@@H]3O)cc2n1. The molecule has 1 aliphatic carbocycles. The van der Waals surface area contributed by atoms with Crippen LogP contribution < -0.4 is 11.5 Å². The lowest BCUT2D eigenvalue weighted by Crippen LogP contribution is -2.29. The lowest BCUT2D eigenvalue weighted by Gasteiger charge is -2.19. The number of nitrogens with zero attached hydrogens (tertiary/aromatic N) is 4. The van der Waals surface area contributed by atoms with Crippen LogP contribution >= 0.6 is 0 Å². The maximum Gasteiger partial charge on any atom is 0.146 e. The van der Waals surface area contributed by atoms with Gasteiger partial charge in [0.25, 0.3) is 0 Å². The monoisotopic (exact) mass is 474 g/mol. The number of anilines is 2. The molecule has 0 unspecified atom stereocenters. The van der Waals surface area contributed by atoms with Crippen molar-refractivity contribution in [2.75, 3.05) is 24.7 Å². The highest BCUT2D eigenvalue weighted by Crippen LogP contribution is 2.42. The number of fused-ring (bicyclic) bond motifs is 2. The molecule has 0 amide bonds. The van der Waals surface area contributed by atoms with Gasteiger partial charge in [0.2, 0.25) is 0 Å². The molecule has 35 heavy (non-hydrogen) atoms. The Labute approximate surface area is 202 Å². The van der Waals surface area contributed by atoms with Gasteiger partial charge in [0.1, 0.15) is 29.7 Å². The molecule has 4 aromatic rings. The van der Waals surface area contributed by atoms with Crippen molar-refractivity contribution in [1.82, 2.24) is 19.5 Å². The number of benzene rings is 1. The van der Waals surface area contributed by atoms with Gasteiger partial charge < -0.3 is 31.0 Å². The third-order valence-electron chi connectivity index (χ3n) is 7.75. The van der Waals surface area contributed by atoms with E-state index >= 15 is 0 Å². The van der Waals surface area contributed by atoms with Crippen LogP contribution in [-0.4, -0.2) is 55.2 Å². The van der Waals surface area contributed by atoms with E-state index in [1.807, 2.05) is 22.9 Å². The molecule has 9 nitrogen and oxygen atoms in total. The standard InChI is InChI=1S/C26H30N6O3/c27-21-6-5-15-3-1-14(9-19(15)31-21)2-4-16-10-20(24(34)23(16)33)32-11-18(17-7-8-35-12-17)22-25(28)29-13-30-26(22)32/h1,3,5-6,9,11,13,16-17,20,23-24,33-34H,2,4,7-8,10,12H2,(H2,27,31)(H2,28,29,30)/t16-,17-,20+,23+,24-/m0/s1. The molecule has 1 aromatic carbocycles. The Hall–Kier alpha value is -3.27. The maximum absolute atomic E-state index is 11.1. The number of ether oxygens (including phenoxy) is 1. The van der Waals surface area contributed by atoms with Gasteiger partial charge in [-0.2, -0.15) is 0 Å². The average Bonchev–Trinajstić information content (AvgIpc) is 3.57. The van der Waals surface area contributed by atoms with Gasteiger partial charge in [0.15, 0.2) is 0 Å². The molecular formula is C26H30N6O3. The normalized spacial score (nSPS) is 26.7. The third-order valence-corrected chi connectivity index (χ3v) is 7.75. The van der Waals surface area contributed by atoms with Crippen molar-refractivity contribution in [2.45, 2.75) is 49.9 Å². The molecule has 2 fully saturated rings. The molecule has 6 N–H and O–H groups in total. The molecule has 0 radical (unpaired) electrons. The van der Waals surface area contributed by atoms with Crippen LogP contribution in [0, 0.1) is 5.92 Å². The molecule has 6 rings (SSSR count). The fourth-order valence-corrected chi connectivity index (χ4v) is 5.83. The lowest BCUT2D eigenvalue weighted by atomic mass is 9.95. The Bertz CT molecular complexity index is 1380. The number of aliphatic hydroxyl groups excluding tert-OH is 2. The Kier molecular flexibility index (Phi) is 5.55. The molecule has 1 saturated carbocycles. The zero-order valence-electron chi connectivity index (χ0n) is 19.4. The maximum atomic E-state index is 11.1. The van der Waals surface area contributed by atoms with Gasteiger partial charge in [-0.15, -0.1) is 0 Å². The number of hydrogen-bond acceptors (Lipinski definition) is 8. The molecule has 2 aliphatic rings. The summed E-state index contributed by atoms with van der Waals surface area (Å²) < 4.78 is 7.60. The van der Waals surface area contributed by atoms with E-state index in [1.165, 1.54) is 6.33 Å². The number of aromatic nitrogens is 4. The molecule has 5 atom stereocenters. The zero-order valence-corrected chi connectivity index (χ0v) is 19.4. The van der Waals surface area contributed by atoms with Gasteiger partial charge in [-0.3, -0.25) is 0 Å². The summed E-state index contributed by atoms with van der Waals surface area (Å²) in [7, 11) is 0. The first-order valence-electron chi connectivity index (χ1n) is 12.2. The zero-order chi connectivity index (χ0) is 24.1. The highest BCUT2D eigenvalue weighted by molar-refractivity contribution is 5.90. The van der Waals surface area contributed by atoms with Crippen LogP contribution in [0.4, 0.5) is 11.6 Å². The molecule has 3 aromatic heterocycles. The number of aliphatic hydroxyl groups is 2. The minimum absolute atomic E-state index is 0.0469. The second-order valence-corrected chi connectivity index (χ2v) is 9.86. The summed E-state index contributed by atoms with van der Waals surface area (Å²) in [6.45, 7) is 1.35. The summed E-state index contributed by atoms with van der Waals surface area (Å²) in [5, 5.41) is 23.9. The Balaban J connectivity index is 1.25. The van der Waals surface area contributed by atoms with E-state index < -0.39 is 12.2 Å². The number of hydrogen-bond donors (Lipinski definition) is 4. The Morgan fingerprint density at radius 1 is 1.09 bits per heavy atom. The third kappa shape index (κ3) is 3.89. The largest absolute Gasteiger partial charge is 0.390 e. The van der Waals surface area contributed by atoms with Gasteiger partial charge in [0, 0.05) is 24.1 Å². The van der Waals surface area contributed by atoms with E-state index in [0.29, 0.717) is 36.9 Å². The first-order valence-corrected chi connectivity index (χ1v) is 12.2. The number of pyridine rings is 1. The average molecular weight is 475 g/mol. The predicted molar refractivity (Wildman–Crippen MR) is 134 cm³/mol. The fraction of sp³-hybridized carbons (Fsp3) is 0.423. The van der Waals surface area contributed by atoms with Gasteiger partial charge in [-0.1, -0.05) is 12.1 Å². The predicted octanol–water partition coefficient (Wildman–Crippen LogP) is 2.56. The minimum Gasteiger partial charge on any atom is -0.390 e. The highest BCUT2D eigenvalue weighted by Gasteiger charge is 2.43. The summed E-state index contributed by atoms with van der Waals surface area (Å²) in [6.07, 6.45) is 4.88. The molecule has 9 heteroatoms. The van der Waals surface area contributed by atoms with E-state index in [9.17, 15) is 10.2 Å². The van der Waals surface area contributed by atoms with Crippen LogP contribution in [-0.2, 0) is 11.2 Å². The lowest BCUT2D eigenvalue weighted by molar-refractivity contribution is 0.00543. The summed E-state index contributed by atoms with van der Waals surface area (Å²) in [6, 6.07) is 9.66. The van der Waals surface area contributed by atoms with Crippen molar-refractivity contribution in [3.63, 3.8) is 0 Å². The first kappa shape index (κ1) is 22.2. The van der Waals surface area contributed by atoms with Crippen molar-refractivity contribution >= 4 is 33.6 Å². The summed E-state index contributed by atoms with van der Waals surface area (Å²) in [4.78, 5) is 13.1. The second kappa shape index (κ2) is 8.75. The quantitative estimate of drug-likeness (QED) is 0.345. The van der Waals surface area contributed by atoms with E-state index in [0.717, 1.165) is 46.7 Å². The summed E-state index contributed by atoms with van der Waals surface area (Å²) in [5.74, 6) is 1.11. The Morgan fingerprint density at radius 3 is 2.77 bits per heavy atom. The van der Waals surface area contributed by atoms with Gasteiger partial charge >= 0.3 is 0 Å². The van der Waals surface area contributed by atoms with Crippen LogP contribution in [0.15, 0.2) is 42.9 Å². The van der Waals surface area contributed by atoms with Gasteiger partial charge in [0.05, 0.1) is 29.7 Å². The highest BCUT2D eigenvalue weighted by atomic mass is 16.5. The number of rotatable bonds is 5. The van der Waals surface area contributed by atoms with Crippen molar-refractivity contribution < 1.29 is 14.9 Å². The molecule has 0 spiro atoms. The molecule has 4 heterocycles. The van der Waals surface area contributed by atoms with Gasteiger partial charge in [-0.25, -0.2) is 15.0 Å². The van der Waals surface area contributed by atoms with Crippen molar-refractivity contribution in [1.29, 1.82) is 0 Å². The molecule has 0 bridgehead atoms. The van der Waals surface area contributed by atoms with Crippen LogP contribution in [0.3, 0.4) is 0 Å². The van der Waals surface area contributed by atoms with Crippen LogP contribution in [0.1, 0.15) is 42.3 Å². The molecule has 182 valence electrons. The fourth-order valence-electron chi connectivity index (χ4n) is 5.83. The van der Waals surface area contributed by atoms with E-state index in [4.69, 9.17) is 16.2 Å². The summed E-state index contributed by atoms with van der Waals surface area (Å²) >= 11 is 0. The van der Waals surface area contributed by atoms with Crippen molar-refractivity contribution in [3.05, 3.63) is 54.0 Å². The first-order chi connectivity index (χ1) is 17.0. The summed E-state index contributed by atoms with van der Waals surface area (Å²) in [5.41, 5.74) is 15.9. The van der Waals surface area contributed by atoms with Crippen LogP contribution in [0.25, 0.3) is 21.9 Å². The van der Waals surface area contributed by atoms with Crippen LogP contribution in [0.2, 0.25) is 0 Å². The molecule has 1 saturated heterocycles.